The summed E-state index contributed by atoms with van der Waals surface area (Å²) in [6.45, 7) is 7.02. The van der Waals surface area contributed by atoms with Crippen molar-refractivity contribution in [2.24, 2.45) is 5.92 Å². The Hall–Kier alpha value is -0.860. The van der Waals surface area contributed by atoms with Crippen molar-refractivity contribution in [3.8, 4) is 0 Å². The third-order valence-electron chi connectivity index (χ3n) is 3.01. The van der Waals surface area contributed by atoms with Crippen molar-refractivity contribution >= 4 is 16.8 Å². The minimum atomic E-state index is -0.729. The van der Waals surface area contributed by atoms with Crippen LogP contribution in [0, 0.1) is 5.92 Å². The SMILES string of the molecule is CCOCC(CC(C)C)(C(=O)Cl)c1ccccc1. The van der Waals surface area contributed by atoms with E-state index in [1.807, 2.05) is 37.3 Å². The van der Waals surface area contributed by atoms with Crippen LogP contribution in [0.25, 0.3) is 0 Å². The first-order valence-corrected chi connectivity index (χ1v) is 6.74. The maximum Gasteiger partial charge on any atom is 0.234 e. The lowest BCUT2D eigenvalue weighted by Gasteiger charge is -2.32. The molecule has 1 rings (SSSR count). The Bertz CT molecular complexity index is 375. The van der Waals surface area contributed by atoms with Crippen LogP contribution < -0.4 is 0 Å². The van der Waals surface area contributed by atoms with Gasteiger partial charge in [0.15, 0.2) is 0 Å². The second-order valence-electron chi connectivity index (χ2n) is 4.96. The predicted molar refractivity (Wildman–Crippen MR) is 74.9 cm³/mol. The van der Waals surface area contributed by atoms with Crippen molar-refractivity contribution in [3.05, 3.63) is 35.9 Å². The molecular weight excluding hydrogens is 248 g/mol. The molecule has 100 valence electrons. The fourth-order valence-corrected chi connectivity index (χ4v) is 2.48. The average Bonchev–Trinajstić information content (AvgIpc) is 2.34. The third kappa shape index (κ3) is 3.56. The molecule has 0 heterocycles. The summed E-state index contributed by atoms with van der Waals surface area (Å²) in [4.78, 5) is 12.0. The van der Waals surface area contributed by atoms with E-state index in [0.717, 1.165) is 5.56 Å². The Morgan fingerprint density at radius 3 is 2.39 bits per heavy atom. The molecule has 1 unspecified atom stereocenters. The number of carbonyl (C=O) groups is 1. The standard InChI is InChI=1S/C15H21ClO2/c1-4-18-11-15(14(16)17,10-12(2)3)13-8-6-5-7-9-13/h5-9,12H,4,10-11H2,1-3H3. The van der Waals surface area contributed by atoms with Crippen LogP contribution in [-0.4, -0.2) is 18.5 Å². The van der Waals surface area contributed by atoms with Gasteiger partial charge in [-0.25, -0.2) is 0 Å². The second-order valence-corrected chi connectivity index (χ2v) is 5.30. The summed E-state index contributed by atoms with van der Waals surface area (Å²) in [6, 6.07) is 9.68. The van der Waals surface area contributed by atoms with E-state index in [9.17, 15) is 4.79 Å². The molecule has 0 spiro atoms. The van der Waals surface area contributed by atoms with E-state index < -0.39 is 5.41 Å². The van der Waals surface area contributed by atoms with Crippen molar-refractivity contribution in [2.45, 2.75) is 32.6 Å². The molecule has 18 heavy (non-hydrogen) atoms. The Morgan fingerprint density at radius 2 is 1.94 bits per heavy atom. The van der Waals surface area contributed by atoms with Gasteiger partial charge < -0.3 is 4.74 Å². The molecule has 0 aromatic heterocycles. The summed E-state index contributed by atoms with van der Waals surface area (Å²) in [6.07, 6.45) is 0.694. The van der Waals surface area contributed by atoms with Crippen LogP contribution in [0.5, 0.6) is 0 Å². The van der Waals surface area contributed by atoms with Crippen molar-refractivity contribution in [1.29, 1.82) is 0 Å². The van der Waals surface area contributed by atoms with Crippen LogP contribution in [0.15, 0.2) is 30.3 Å². The molecule has 0 radical (unpaired) electrons. The lowest BCUT2D eigenvalue weighted by atomic mass is 9.76. The summed E-state index contributed by atoms with van der Waals surface area (Å²) in [5.74, 6) is 0.369. The molecule has 0 N–H and O–H groups in total. The van der Waals surface area contributed by atoms with E-state index in [-0.39, 0.29) is 5.24 Å². The zero-order valence-electron chi connectivity index (χ0n) is 11.3. The Labute approximate surface area is 114 Å². The highest BCUT2D eigenvalue weighted by atomic mass is 35.5. The minimum Gasteiger partial charge on any atom is -0.380 e. The molecule has 1 atom stereocenters. The van der Waals surface area contributed by atoms with Gasteiger partial charge in [-0.05, 0) is 36.4 Å². The molecule has 0 saturated heterocycles. The van der Waals surface area contributed by atoms with Crippen LogP contribution in [-0.2, 0) is 14.9 Å². The lowest BCUT2D eigenvalue weighted by Crippen LogP contribution is -2.39. The predicted octanol–water partition coefficient (Wildman–Crippen LogP) is 3.77. The molecule has 1 aromatic carbocycles. The van der Waals surface area contributed by atoms with Gasteiger partial charge in [0.05, 0.1) is 12.0 Å². The fourth-order valence-electron chi connectivity index (χ4n) is 2.24. The van der Waals surface area contributed by atoms with Crippen LogP contribution in [0.3, 0.4) is 0 Å². The number of hydrogen-bond acceptors (Lipinski definition) is 2. The Balaban J connectivity index is 3.15. The van der Waals surface area contributed by atoms with Gasteiger partial charge in [0, 0.05) is 6.61 Å². The number of hydrogen-bond donors (Lipinski definition) is 0. The molecule has 2 nitrogen and oxygen atoms in total. The van der Waals surface area contributed by atoms with Gasteiger partial charge in [-0.3, -0.25) is 4.79 Å². The smallest absolute Gasteiger partial charge is 0.234 e. The quantitative estimate of drug-likeness (QED) is 0.704. The number of rotatable bonds is 7. The van der Waals surface area contributed by atoms with E-state index in [2.05, 4.69) is 13.8 Å². The molecule has 0 aliphatic heterocycles. The van der Waals surface area contributed by atoms with E-state index in [1.54, 1.807) is 0 Å². The van der Waals surface area contributed by atoms with Crippen molar-refractivity contribution in [1.82, 2.24) is 0 Å². The van der Waals surface area contributed by atoms with Crippen molar-refractivity contribution in [3.63, 3.8) is 0 Å². The topological polar surface area (TPSA) is 26.3 Å². The summed E-state index contributed by atoms with van der Waals surface area (Å²) in [7, 11) is 0. The van der Waals surface area contributed by atoms with Crippen molar-refractivity contribution in [2.75, 3.05) is 13.2 Å². The molecule has 1 aromatic rings. The van der Waals surface area contributed by atoms with Crippen LogP contribution in [0.1, 0.15) is 32.8 Å². The lowest BCUT2D eigenvalue weighted by molar-refractivity contribution is -0.119. The normalized spacial score (nSPS) is 14.5. The highest BCUT2D eigenvalue weighted by molar-refractivity contribution is 6.65. The van der Waals surface area contributed by atoms with Crippen LogP contribution in [0.2, 0.25) is 0 Å². The second kappa shape index (κ2) is 6.91. The summed E-state index contributed by atoms with van der Waals surface area (Å²) in [5.41, 5.74) is 0.208. The van der Waals surface area contributed by atoms with Crippen molar-refractivity contribution < 1.29 is 9.53 Å². The largest absolute Gasteiger partial charge is 0.380 e. The van der Waals surface area contributed by atoms with E-state index in [4.69, 9.17) is 16.3 Å². The van der Waals surface area contributed by atoms with Crippen LogP contribution >= 0.6 is 11.6 Å². The van der Waals surface area contributed by atoms with Gasteiger partial charge in [0.25, 0.3) is 0 Å². The van der Waals surface area contributed by atoms with Gasteiger partial charge in [-0.15, -0.1) is 0 Å². The number of halogens is 1. The monoisotopic (exact) mass is 268 g/mol. The van der Waals surface area contributed by atoms with Gasteiger partial charge >= 0.3 is 0 Å². The molecule has 3 heteroatoms. The third-order valence-corrected chi connectivity index (χ3v) is 3.37. The van der Waals surface area contributed by atoms with Crippen LogP contribution in [0.4, 0.5) is 0 Å². The van der Waals surface area contributed by atoms with Gasteiger partial charge in [-0.1, -0.05) is 44.2 Å². The zero-order chi connectivity index (χ0) is 13.6. The number of benzene rings is 1. The summed E-state index contributed by atoms with van der Waals surface area (Å²) >= 11 is 5.90. The fraction of sp³-hybridized carbons (Fsp3) is 0.533. The maximum absolute atomic E-state index is 12.0. The first-order valence-electron chi connectivity index (χ1n) is 6.36. The molecule has 0 fully saturated rings. The van der Waals surface area contributed by atoms with E-state index in [0.29, 0.717) is 25.6 Å². The highest BCUT2D eigenvalue weighted by Crippen LogP contribution is 2.34. The van der Waals surface area contributed by atoms with E-state index in [1.165, 1.54) is 0 Å². The molecule has 0 aliphatic carbocycles. The molecule has 0 amide bonds. The Morgan fingerprint density at radius 1 is 1.33 bits per heavy atom. The average molecular weight is 269 g/mol. The molecule has 0 saturated carbocycles. The molecule has 0 aliphatic rings. The van der Waals surface area contributed by atoms with Gasteiger partial charge in [-0.2, -0.15) is 0 Å². The number of ether oxygens (including phenoxy) is 1. The highest BCUT2D eigenvalue weighted by Gasteiger charge is 2.39. The Kier molecular flexibility index (Phi) is 5.83. The van der Waals surface area contributed by atoms with Gasteiger partial charge in [0.2, 0.25) is 5.24 Å². The van der Waals surface area contributed by atoms with E-state index >= 15 is 0 Å². The maximum atomic E-state index is 12.0. The molecule has 0 bridgehead atoms. The first-order chi connectivity index (χ1) is 8.53. The minimum absolute atomic E-state index is 0.337. The number of carbonyl (C=O) groups excluding carboxylic acids is 1. The zero-order valence-corrected chi connectivity index (χ0v) is 12.0. The molecular formula is C15H21ClO2. The van der Waals surface area contributed by atoms with Gasteiger partial charge in [0.1, 0.15) is 0 Å². The summed E-state index contributed by atoms with van der Waals surface area (Å²) in [5, 5.41) is -0.337. The summed E-state index contributed by atoms with van der Waals surface area (Å²) < 4.78 is 5.51. The first kappa shape index (κ1) is 15.2.